The molecule has 0 fully saturated rings. The molecular weight excluding hydrogens is 693 g/mol. The van der Waals surface area contributed by atoms with Crippen LogP contribution in [0, 0.1) is 29.9 Å². The Morgan fingerprint density at radius 2 is 1.90 bits per heavy atom. The molecule has 1 aromatic heterocycles. The number of aliphatic imine (C=N–C) groups is 1. The SMILES string of the molecule is Cc1cccc(NC(=O)OCC[N+]2(C[C@](O)(c3cc(F)ccc3F)[C@@H](C)c3nc(-c4ccc(C#N)cc4)cs3)C=NC=N2)c1COC(=O)CN(C)C. The number of thiazole rings is 1. The van der Waals surface area contributed by atoms with Crippen molar-refractivity contribution in [1.82, 2.24) is 9.88 Å². The quantitative estimate of drug-likeness (QED) is 0.120. The highest BCUT2D eigenvalue weighted by Crippen LogP contribution is 2.42. The number of ether oxygens (including phenoxy) is 2. The van der Waals surface area contributed by atoms with Gasteiger partial charge in [-0.1, -0.05) is 36.3 Å². The third kappa shape index (κ3) is 8.90. The largest absolute Gasteiger partial charge is 0.460 e. The molecule has 12 nitrogen and oxygen atoms in total. The minimum absolute atomic E-state index is 0.0173. The Hall–Kier alpha value is -5.40. The highest BCUT2D eigenvalue weighted by Gasteiger charge is 2.49. The van der Waals surface area contributed by atoms with Crippen LogP contribution in [0.25, 0.3) is 11.3 Å². The summed E-state index contributed by atoms with van der Waals surface area (Å²) in [7, 11) is 3.50. The monoisotopic (exact) mass is 730 g/mol. The van der Waals surface area contributed by atoms with Gasteiger partial charge in [0.2, 0.25) is 6.34 Å². The van der Waals surface area contributed by atoms with E-state index in [0.29, 0.717) is 27.5 Å². The molecule has 0 spiro atoms. The second kappa shape index (κ2) is 16.3. The fourth-order valence-corrected chi connectivity index (χ4v) is 6.71. The van der Waals surface area contributed by atoms with E-state index < -0.39 is 39.8 Å². The van der Waals surface area contributed by atoms with E-state index >= 15 is 4.39 Å². The number of carbonyl (C=O) groups is 2. The van der Waals surface area contributed by atoms with Gasteiger partial charge in [-0.05, 0) is 63.0 Å². The highest BCUT2D eigenvalue weighted by atomic mass is 32.1. The van der Waals surface area contributed by atoms with Gasteiger partial charge in [-0.2, -0.15) is 10.3 Å². The maximum atomic E-state index is 15.5. The molecule has 1 unspecified atom stereocenters. The lowest BCUT2D eigenvalue weighted by molar-refractivity contribution is -0.848. The number of esters is 1. The van der Waals surface area contributed by atoms with Gasteiger partial charge in [0.25, 0.3) is 0 Å². The second-order valence-corrected chi connectivity index (χ2v) is 13.5. The van der Waals surface area contributed by atoms with Gasteiger partial charge in [0.15, 0.2) is 11.9 Å². The third-order valence-corrected chi connectivity index (χ3v) is 9.67. The van der Waals surface area contributed by atoms with Crippen molar-refractivity contribution in [3.05, 3.63) is 105 Å². The lowest BCUT2D eigenvalue weighted by Crippen LogP contribution is -2.54. The first-order chi connectivity index (χ1) is 24.8. The van der Waals surface area contributed by atoms with Crippen LogP contribution in [0.2, 0.25) is 0 Å². The molecule has 0 bridgehead atoms. The normalized spacial score (nSPS) is 16.7. The Balaban J connectivity index is 1.34. The van der Waals surface area contributed by atoms with E-state index in [0.717, 1.165) is 29.3 Å². The molecule has 4 aromatic rings. The zero-order valence-electron chi connectivity index (χ0n) is 29.0. The molecule has 15 heteroatoms. The van der Waals surface area contributed by atoms with Crippen molar-refractivity contribution >= 4 is 41.8 Å². The number of anilines is 1. The molecule has 2 N–H and O–H groups in total. The number of nitrogens with zero attached hydrogens (tertiary/aromatic N) is 6. The number of carbonyl (C=O) groups excluding carboxylic acids is 2. The number of quaternary nitrogens is 1. The Morgan fingerprint density at radius 3 is 2.60 bits per heavy atom. The van der Waals surface area contributed by atoms with Crippen molar-refractivity contribution in [3.8, 4) is 17.3 Å². The fraction of sp³-hybridized carbons (Fsp3) is 0.297. The number of halogens is 2. The molecule has 0 aliphatic carbocycles. The van der Waals surface area contributed by atoms with Crippen molar-refractivity contribution < 1.29 is 37.5 Å². The Labute approximate surface area is 303 Å². The molecule has 2 heterocycles. The van der Waals surface area contributed by atoms with Gasteiger partial charge in [0.05, 0.1) is 34.6 Å². The number of likely N-dealkylation sites (N-methyl/N-ethyl adjacent to an activating group) is 1. The molecule has 5 rings (SSSR count). The summed E-state index contributed by atoms with van der Waals surface area (Å²) < 4.78 is 40.6. The average Bonchev–Trinajstić information content (AvgIpc) is 3.79. The number of nitrogens with one attached hydrogen (secondary N) is 1. The maximum absolute atomic E-state index is 15.5. The third-order valence-electron chi connectivity index (χ3n) is 8.64. The van der Waals surface area contributed by atoms with Crippen molar-refractivity contribution in [2.75, 3.05) is 45.7 Å². The summed E-state index contributed by atoms with van der Waals surface area (Å²) in [4.78, 5) is 35.6. The first kappa shape index (κ1) is 37.8. The molecule has 1 amide bonds. The number of aliphatic hydroxyl groups is 1. The van der Waals surface area contributed by atoms with Gasteiger partial charge in [-0.3, -0.25) is 15.0 Å². The van der Waals surface area contributed by atoms with Gasteiger partial charge in [0.1, 0.15) is 37.9 Å². The molecule has 270 valence electrons. The molecular formula is C37H38F2N7O5S+. The minimum atomic E-state index is -2.08. The van der Waals surface area contributed by atoms with Crippen LogP contribution >= 0.6 is 11.3 Å². The molecule has 52 heavy (non-hydrogen) atoms. The number of hydrogen-bond acceptors (Lipinski definition) is 11. The van der Waals surface area contributed by atoms with Crippen LogP contribution in [-0.2, 0) is 26.5 Å². The maximum Gasteiger partial charge on any atom is 0.411 e. The lowest BCUT2D eigenvalue weighted by Gasteiger charge is -2.38. The number of nitriles is 1. The smallest absolute Gasteiger partial charge is 0.411 e. The van der Waals surface area contributed by atoms with E-state index in [2.05, 4.69) is 21.5 Å². The Morgan fingerprint density at radius 1 is 1.13 bits per heavy atom. The average molecular weight is 731 g/mol. The zero-order chi connectivity index (χ0) is 37.5. The van der Waals surface area contributed by atoms with E-state index in [1.165, 1.54) is 24.0 Å². The summed E-state index contributed by atoms with van der Waals surface area (Å²) in [5.74, 6) is -2.86. The zero-order valence-corrected chi connectivity index (χ0v) is 29.9. The summed E-state index contributed by atoms with van der Waals surface area (Å²) in [6, 6.07) is 17.0. The second-order valence-electron chi connectivity index (χ2n) is 12.7. The van der Waals surface area contributed by atoms with Crippen molar-refractivity contribution in [2.45, 2.75) is 32.0 Å². The number of benzene rings is 3. The van der Waals surface area contributed by atoms with Crippen molar-refractivity contribution in [2.24, 2.45) is 10.1 Å². The van der Waals surface area contributed by atoms with Crippen molar-refractivity contribution in [3.63, 3.8) is 0 Å². The number of hydrogen-bond donors (Lipinski definition) is 2. The van der Waals surface area contributed by atoms with Crippen LogP contribution in [0.1, 0.15) is 40.1 Å². The fourth-order valence-electron chi connectivity index (χ4n) is 5.74. The van der Waals surface area contributed by atoms with Gasteiger partial charge in [-0.15, -0.1) is 15.9 Å². The topological polar surface area (TPSA) is 150 Å². The van der Waals surface area contributed by atoms with Crippen LogP contribution in [-0.4, -0.2) is 84.7 Å². The van der Waals surface area contributed by atoms with Gasteiger partial charge >= 0.3 is 12.1 Å². The number of aromatic nitrogens is 1. The predicted octanol–water partition coefficient (Wildman–Crippen LogP) is 5.92. The first-order valence-corrected chi connectivity index (χ1v) is 17.1. The van der Waals surface area contributed by atoms with E-state index in [1.807, 2.05) is 13.0 Å². The van der Waals surface area contributed by atoms with E-state index in [1.54, 1.807) is 67.7 Å². The first-order valence-electron chi connectivity index (χ1n) is 16.2. The highest BCUT2D eigenvalue weighted by molar-refractivity contribution is 7.10. The minimum Gasteiger partial charge on any atom is -0.460 e. The lowest BCUT2D eigenvalue weighted by atomic mass is 9.81. The van der Waals surface area contributed by atoms with E-state index in [4.69, 9.17) is 19.7 Å². The number of aryl methyl sites for hydroxylation is 1. The molecule has 1 aliphatic heterocycles. The molecule has 3 atom stereocenters. The van der Waals surface area contributed by atoms with Crippen LogP contribution < -0.4 is 5.32 Å². The molecule has 0 saturated carbocycles. The van der Waals surface area contributed by atoms with Gasteiger partial charge < -0.3 is 14.6 Å². The van der Waals surface area contributed by atoms with E-state index in [9.17, 15) is 19.1 Å². The van der Waals surface area contributed by atoms with Gasteiger partial charge in [-0.25, -0.2) is 18.6 Å². The number of amides is 1. The summed E-state index contributed by atoms with van der Waals surface area (Å²) in [5.41, 5.74) is 1.25. The van der Waals surface area contributed by atoms with Crippen LogP contribution in [0.4, 0.5) is 19.3 Å². The van der Waals surface area contributed by atoms with E-state index in [-0.39, 0.29) is 38.4 Å². The van der Waals surface area contributed by atoms with Crippen LogP contribution in [0.3, 0.4) is 0 Å². The molecule has 1 aliphatic rings. The summed E-state index contributed by atoms with van der Waals surface area (Å²) in [6.07, 6.45) is 1.92. The van der Waals surface area contributed by atoms with Gasteiger partial charge in [0, 0.05) is 28.0 Å². The standard InChI is InChI=1S/C37H37F2N7O5S/c1-24-6-5-7-32(29(24)19-51-34(47)18-45(3)4)44-36(48)50-15-14-46(23-41-22-42-46)21-37(49,30-16-28(38)12-13-31(30)39)25(2)35-43-33(20-52-35)27-10-8-26(17-40)9-11-27/h5-13,16,20,22-23,25,49H,14-15,18-19,21H2,1-4H3/p+1/t25-,37+,46?/m0/s1. The Kier molecular flexibility index (Phi) is 11.9. The summed E-state index contributed by atoms with van der Waals surface area (Å²) >= 11 is 1.24. The summed E-state index contributed by atoms with van der Waals surface area (Å²) in [5, 5.41) is 31.0. The Bertz CT molecular complexity index is 2020. The van der Waals surface area contributed by atoms with Crippen LogP contribution in [0.5, 0.6) is 0 Å². The van der Waals surface area contributed by atoms with Crippen molar-refractivity contribution in [1.29, 1.82) is 5.26 Å². The summed E-state index contributed by atoms with van der Waals surface area (Å²) in [6.45, 7) is 3.01. The predicted molar refractivity (Wildman–Crippen MR) is 192 cm³/mol. The molecule has 3 aromatic carbocycles. The number of rotatable bonds is 14. The molecule has 0 radical (unpaired) electrons. The van der Waals surface area contributed by atoms with Crippen LogP contribution in [0.15, 0.2) is 76.1 Å². The molecule has 0 saturated heterocycles.